The van der Waals surface area contributed by atoms with Gasteiger partial charge in [-0.05, 0) is 41.8 Å². The lowest BCUT2D eigenvalue weighted by Crippen LogP contribution is -2.04. The molecule has 0 fully saturated rings. The first-order valence-electron chi connectivity index (χ1n) is 6.06. The second-order valence-electron chi connectivity index (χ2n) is 4.21. The monoisotopic (exact) mass is 304 g/mol. The summed E-state index contributed by atoms with van der Waals surface area (Å²) in [7, 11) is 0. The minimum absolute atomic E-state index is 0.751. The van der Waals surface area contributed by atoms with E-state index in [2.05, 4.69) is 46.4 Å². The van der Waals surface area contributed by atoms with Gasteiger partial charge in [0.1, 0.15) is 0 Å². The molecular formula is C15H17BrN2. The Morgan fingerprint density at radius 3 is 2.61 bits per heavy atom. The van der Waals surface area contributed by atoms with Crippen LogP contribution in [-0.2, 0) is 13.0 Å². The van der Waals surface area contributed by atoms with Crippen LogP contribution in [0.2, 0.25) is 0 Å². The zero-order chi connectivity index (χ0) is 13.0. The fraction of sp³-hybridized carbons (Fsp3) is 0.200. The molecule has 2 nitrogen and oxygen atoms in total. The maximum atomic E-state index is 5.93. The quantitative estimate of drug-likeness (QED) is 0.831. The van der Waals surface area contributed by atoms with E-state index in [0.29, 0.717) is 0 Å². The molecule has 0 bridgehead atoms. The number of rotatable bonds is 4. The van der Waals surface area contributed by atoms with E-state index in [1.54, 1.807) is 0 Å². The largest absolute Gasteiger partial charge is 0.398 e. The lowest BCUT2D eigenvalue weighted by Gasteiger charge is -2.12. The van der Waals surface area contributed by atoms with Crippen LogP contribution in [-0.4, -0.2) is 0 Å². The number of nitrogens with two attached hydrogens (primary N) is 1. The molecule has 3 heteroatoms. The molecule has 0 aliphatic carbocycles. The highest BCUT2D eigenvalue weighted by molar-refractivity contribution is 9.10. The highest BCUT2D eigenvalue weighted by Gasteiger charge is 2.02. The SMILES string of the molecule is CCc1cc(Br)ccc1NCc1ccccc1N. The van der Waals surface area contributed by atoms with Crippen molar-refractivity contribution in [3.05, 3.63) is 58.1 Å². The summed E-state index contributed by atoms with van der Waals surface area (Å²) in [5, 5.41) is 3.45. The summed E-state index contributed by atoms with van der Waals surface area (Å²) >= 11 is 3.50. The van der Waals surface area contributed by atoms with Gasteiger partial charge in [-0.1, -0.05) is 41.1 Å². The van der Waals surface area contributed by atoms with Crippen LogP contribution >= 0.6 is 15.9 Å². The number of aryl methyl sites for hydroxylation is 1. The van der Waals surface area contributed by atoms with Crippen molar-refractivity contribution < 1.29 is 0 Å². The molecule has 2 aromatic carbocycles. The van der Waals surface area contributed by atoms with Crippen LogP contribution in [0.4, 0.5) is 11.4 Å². The van der Waals surface area contributed by atoms with Crippen LogP contribution in [0, 0.1) is 0 Å². The van der Waals surface area contributed by atoms with Crippen molar-refractivity contribution in [2.45, 2.75) is 19.9 Å². The first kappa shape index (κ1) is 13.0. The molecule has 0 unspecified atom stereocenters. The van der Waals surface area contributed by atoms with Crippen molar-refractivity contribution in [3.63, 3.8) is 0 Å². The molecule has 0 spiro atoms. The lowest BCUT2D eigenvalue weighted by molar-refractivity contribution is 1.09. The molecule has 0 aliphatic heterocycles. The zero-order valence-corrected chi connectivity index (χ0v) is 12.0. The Kier molecular flexibility index (Phi) is 4.26. The minimum Gasteiger partial charge on any atom is -0.398 e. The standard InChI is InChI=1S/C15H17BrN2/c1-2-11-9-13(16)7-8-15(11)18-10-12-5-3-4-6-14(12)17/h3-9,18H,2,10,17H2,1H3. The Morgan fingerprint density at radius 1 is 1.11 bits per heavy atom. The normalized spacial score (nSPS) is 10.3. The highest BCUT2D eigenvalue weighted by atomic mass is 79.9. The Bertz CT molecular complexity index is 538. The van der Waals surface area contributed by atoms with Gasteiger partial charge in [-0.3, -0.25) is 0 Å². The summed E-state index contributed by atoms with van der Waals surface area (Å²) in [4.78, 5) is 0. The van der Waals surface area contributed by atoms with Crippen LogP contribution < -0.4 is 11.1 Å². The molecule has 2 aromatic rings. The number of nitrogen functional groups attached to an aromatic ring is 1. The molecule has 0 atom stereocenters. The van der Waals surface area contributed by atoms with Gasteiger partial charge in [0.25, 0.3) is 0 Å². The summed E-state index contributed by atoms with van der Waals surface area (Å²) in [6.07, 6.45) is 1.01. The maximum Gasteiger partial charge on any atom is 0.0421 e. The molecule has 0 amide bonds. The third-order valence-corrected chi connectivity index (χ3v) is 3.47. The van der Waals surface area contributed by atoms with E-state index in [4.69, 9.17) is 5.73 Å². The van der Waals surface area contributed by atoms with Crippen molar-refractivity contribution in [2.24, 2.45) is 0 Å². The summed E-state index contributed by atoms with van der Waals surface area (Å²) in [6, 6.07) is 14.2. The van der Waals surface area contributed by atoms with E-state index < -0.39 is 0 Å². The maximum absolute atomic E-state index is 5.93. The smallest absolute Gasteiger partial charge is 0.0421 e. The molecule has 3 N–H and O–H groups in total. The van der Waals surface area contributed by atoms with Gasteiger partial charge in [0.05, 0.1) is 0 Å². The number of hydrogen-bond acceptors (Lipinski definition) is 2. The molecule has 0 saturated carbocycles. The molecule has 2 rings (SSSR count). The van der Waals surface area contributed by atoms with Gasteiger partial charge < -0.3 is 11.1 Å². The van der Waals surface area contributed by atoms with E-state index >= 15 is 0 Å². The van der Waals surface area contributed by atoms with Gasteiger partial charge >= 0.3 is 0 Å². The average molecular weight is 305 g/mol. The van der Waals surface area contributed by atoms with Crippen LogP contribution in [0.25, 0.3) is 0 Å². The van der Waals surface area contributed by atoms with Crippen molar-refractivity contribution in [1.82, 2.24) is 0 Å². The number of halogens is 1. The van der Waals surface area contributed by atoms with Crippen molar-refractivity contribution in [2.75, 3.05) is 11.1 Å². The molecule has 18 heavy (non-hydrogen) atoms. The molecule has 0 aromatic heterocycles. The van der Waals surface area contributed by atoms with Crippen molar-refractivity contribution >= 4 is 27.3 Å². The topological polar surface area (TPSA) is 38.0 Å². The minimum atomic E-state index is 0.751. The summed E-state index contributed by atoms with van der Waals surface area (Å²) in [5.41, 5.74) is 10.4. The van der Waals surface area contributed by atoms with Crippen LogP contribution in [0.5, 0.6) is 0 Å². The Morgan fingerprint density at radius 2 is 1.89 bits per heavy atom. The van der Waals surface area contributed by atoms with Crippen LogP contribution in [0.15, 0.2) is 46.9 Å². The van der Waals surface area contributed by atoms with Crippen LogP contribution in [0.1, 0.15) is 18.1 Å². The third-order valence-electron chi connectivity index (χ3n) is 2.97. The second kappa shape index (κ2) is 5.91. The van der Waals surface area contributed by atoms with E-state index in [9.17, 15) is 0 Å². The Labute approximate surface area is 116 Å². The van der Waals surface area contributed by atoms with Gasteiger partial charge in [-0.2, -0.15) is 0 Å². The summed E-state index contributed by atoms with van der Waals surface area (Å²) < 4.78 is 1.11. The molecular weight excluding hydrogens is 288 g/mol. The predicted molar refractivity (Wildman–Crippen MR) is 81.7 cm³/mol. The number of nitrogens with one attached hydrogen (secondary N) is 1. The molecule has 0 saturated heterocycles. The first-order chi connectivity index (χ1) is 8.70. The number of anilines is 2. The third kappa shape index (κ3) is 3.05. The first-order valence-corrected chi connectivity index (χ1v) is 6.85. The average Bonchev–Trinajstić information content (AvgIpc) is 2.39. The Balaban J connectivity index is 2.13. The predicted octanol–water partition coefficient (Wildman–Crippen LogP) is 4.21. The van der Waals surface area contributed by atoms with Gasteiger partial charge in [-0.25, -0.2) is 0 Å². The Hall–Kier alpha value is -1.48. The number of para-hydroxylation sites is 1. The second-order valence-corrected chi connectivity index (χ2v) is 5.12. The number of benzene rings is 2. The summed E-state index contributed by atoms with van der Waals surface area (Å²) in [6.45, 7) is 2.91. The van der Waals surface area contributed by atoms with E-state index in [0.717, 1.165) is 28.7 Å². The van der Waals surface area contributed by atoms with E-state index in [1.165, 1.54) is 11.3 Å². The highest BCUT2D eigenvalue weighted by Crippen LogP contribution is 2.22. The van der Waals surface area contributed by atoms with Gasteiger partial charge in [0, 0.05) is 22.4 Å². The molecule has 0 aliphatic rings. The number of hydrogen-bond donors (Lipinski definition) is 2. The van der Waals surface area contributed by atoms with E-state index in [-0.39, 0.29) is 0 Å². The fourth-order valence-electron chi connectivity index (χ4n) is 1.91. The van der Waals surface area contributed by atoms with Crippen LogP contribution in [0.3, 0.4) is 0 Å². The van der Waals surface area contributed by atoms with Crippen molar-refractivity contribution in [3.8, 4) is 0 Å². The van der Waals surface area contributed by atoms with Crippen molar-refractivity contribution in [1.29, 1.82) is 0 Å². The fourth-order valence-corrected chi connectivity index (χ4v) is 2.32. The molecule has 0 radical (unpaired) electrons. The summed E-state index contributed by atoms with van der Waals surface area (Å²) in [5.74, 6) is 0. The van der Waals surface area contributed by atoms with Gasteiger partial charge in [0.15, 0.2) is 0 Å². The van der Waals surface area contributed by atoms with Gasteiger partial charge in [-0.15, -0.1) is 0 Å². The lowest BCUT2D eigenvalue weighted by atomic mass is 10.1. The van der Waals surface area contributed by atoms with E-state index in [1.807, 2.05) is 24.3 Å². The van der Waals surface area contributed by atoms with Gasteiger partial charge in [0.2, 0.25) is 0 Å². The zero-order valence-electron chi connectivity index (χ0n) is 10.4. The molecule has 0 heterocycles. The molecule has 94 valence electrons.